The first kappa shape index (κ1) is 5.64. The lowest BCUT2D eigenvalue weighted by molar-refractivity contribution is 0.262. The van der Waals surface area contributed by atoms with Crippen LogP contribution >= 0.6 is 34.5 Å². The summed E-state index contributed by atoms with van der Waals surface area (Å²) in [5.74, 6) is 0. The minimum absolute atomic E-state index is 0.000556. The first-order valence-corrected chi connectivity index (χ1v) is 3.72. The average Bonchev–Trinajstić information content (AvgIpc) is 1.87. The van der Waals surface area contributed by atoms with E-state index in [0.29, 0.717) is 0 Å². The molecule has 1 aliphatic rings. The van der Waals surface area contributed by atoms with Gasteiger partial charge in [0.1, 0.15) is 4.17 Å². The van der Waals surface area contributed by atoms with E-state index in [0.717, 1.165) is 11.9 Å². The van der Waals surface area contributed by atoms with Crippen LogP contribution in [0.3, 0.4) is 0 Å². The third kappa shape index (κ3) is 1.46. The summed E-state index contributed by atoms with van der Waals surface area (Å²) >= 11 is 3.18. The molecular weight excluding hydrogens is 227 g/mol. The molecule has 1 aliphatic heterocycles. The zero-order valence-corrected chi connectivity index (χ0v) is 6.25. The molecule has 1 heterocycles. The molecule has 0 aromatic heterocycles. The van der Waals surface area contributed by atoms with E-state index < -0.39 is 0 Å². The number of rotatable bonds is 0. The molecule has 0 aliphatic carbocycles. The molecule has 0 saturated carbocycles. The van der Waals surface area contributed by atoms with Crippen LogP contribution in [-0.4, -0.2) is 9.41 Å². The van der Waals surface area contributed by atoms with Gasteiger partial charge < -0.3 is 5.32 Å². The molecule has 0 aromatic rings. The van der Waals surface area contributed by atoms with Crippen LogP contribution in [0.2, 0.25) is 0 Å². The number of halogens is 1. The molecule has 1 unspecified atom stereocenters. The molecule has 0 radical (unpaired) electrons. The fraction of sp³-hybridized carbons (Fsp3) is 0.500. The van der Waals surface area contributed by atoms with Crippen LogP contribution in [0.1, 0.15) is 0 Å². The van der Waals surface area contributed by atoms with Crippen molar-refractivity contribution in [3.8, 4) is 0 Å². The molecule has 1 fully saturated rings. The summed E-state index contributed by atoms with van der Waals surface area (Å²) < 4.78 is 2.92. The lowest BCUT2D eigenvalue weighted by Gasteiger charge is -1.92. The summed E-state index contributed by atoms with van der Waals surface area (Å²) in [4.78, 5) is 10.2. The Kier molecular flexibility index (Phi) is 1.76. The van der Waals surface area contributed by atoms with Gasteiger partial charge in [0, 0.05) is 11.9 Å². The predicted octanol–water partition coefficient (Wildman–Crippen LogP) is 0.666. The normalized spacial score (nSPS) is 30.4. The molecule has 1 amide bonds. The van der Waals surface area contributed by atoms with E-state index in [4.69, 9.17) is 0 Å². The highest BCUT2D eigenvalue weighted by Crippen LogP contribution is 2.09. The van der Waals surface area contributed by atoms with Crippen LogP contribution in [0.5, 0.6) is 0 Å². The summed E-state index contributed by atoms with van der Waals surface area (Å²) in [5.41, 5.74) is 0. The smallest absolute Gasteiger partial charge is 0.296 e. The van der Waals surface area contributed by atoms with Crippen molar-refractivity contribution in [2.75, 3.05) is 0 Å². The first-order valence-electron chi connectivity index (χ1n) is 1.66. The van der Waals surface area contributed by atoms with Gasteiger partial charge in [-0.15, -0.1) is 0 Å². The minimum atomic E-state index is -0.000556. The van der Waals surface area contributed by atoms with Gasteiger partial charge in [-0.2, -0.15) is 0 Å². The van der Waals surface area contributed by atoms with E-state index in [2.05, 4.69) is 32.6 Å². The Morgan fingerprint density at radius 3 is 2.71 bits per heavy atom. The molecule has 2 N–H and O–H groups in total. The molecule has 1 rings (SSSR count). The van der Waals surface area contributed by atoms with Crippen molar-refractivity contribution in [3.05, 3.63) is 0 Å². The summed E-state index contributed by atoms with van der Waals surface area (Å²) in [7, 11) is 0. The molecule has 5 heteroatoms. The van der Waals surface area contributed by atoms with Crippen molar-refractivity contribution >= 4 is 39.8 Å². The van der Waals surface area contributed by atoms with Crippen molar-refractivity contribution in [1.82, 2.24) is 10.0 Å². The van der Waals surface area contributed by atoms with Crippen LogP contribution in [0.4, 0.5) is 4.79 Å². The van der Waals surface area contributed by atoms with Gasteiger partial charge in [-0.25, -0.2) is 4.72 Å². The highest BCUT2D eigenvalue weighted by atomic mass is 127. The second-order valence-electron chi connectivity index (χ2n) is 1.01. The molecule has 1 saturated heterocycles. The van der Waals surface area contributed by atoms with Crippen LogP contribution in [0.25, 0.3) is 0 Å². The lowest BCUT2D eigenvalue weighted by atomic mass is 11.1. The predicted molar refractivity (Wildman–Crippen MR) is 37.1 cm³/mol. The maximum Gasteiger partial charge on any atom is 0.296 e. The second kappa shape index (κ2) is 2.19. The van der Waals surface area contributed by atoms with E-state index >= 15 is 0 Å². The van der Waals surface area contributed by atoms with Gasteiger partial charge in [0.2, 0.25) is 0 Å². The Hall–Kier alpha value is 0.510. The van der Waals surface area contributed by atoms with Crippen molar-refractivity contribution in [2.45, 2.75) is 4.17 Å². The fourth-order valence-electron chi connectivity index (χ4n) is 0.268. The van der Waals surface area contributed by atoms with Crippen molar-refractivity contribution in [2.24, 2.45) is 0 Å². The quantitative estimate of drug-likeness (QED) is 0.278. The monoisotopic (exact) mass is 230 g/mol. The van der Waals surface area contributed by atoms with Crippen molar-refractivity contribution in [3.63, 3.8) is 0 Å². The van der Waals surface area contributed by atoms with E-state index in [1.54, 1.807) is 0 Å². The van der Waals surface area contributed by atoms with E-state index in [-0.39, 0.29) is 9.41 Å². The van der Waals surface area contributed by atoms with Crippen molar-refractivity contribution in [1.29, 1.82) is 0 Å². The number of alkyl halides is 1. The fourth-order valence-corrected chi connectivity index (χ4v) is 1.59. The molecule has 1 atom stereocenters. The zero-order valence-electron chi connectivity index (χ0n) is 3.27. The SMILES string of the molecule is O=C1NC(I)NS1. The van der Waals surface area contributed by atoms with Crippen molar-refractivity contribution < 1.29 is 4.79 Å². The summed E-state index contributed by atoms with van der Waals surface area (Å²) in [5, 5.41) is 2.62. The minimum Gasteiger partial charge on any atom is -0.321 e. The maximum atomic E-state index is 10.2. The summed E-state index contributed by atoms with van der Waals surface area (Å²) in [6, 6.07) is 0. The van der Waals surface area contributed by atoms with Crippen LogP contribution in [0.15, 0.2) is 0 Å². The molecule has 0 spiro atoms. The van der Waals surface area contributed by atoms with Gasteiger partial charge in [-0.1, -0.05) is 0 Å². The Bertz CT molecular complexity index is 97.7. The van der Waals surface area contributed by atoms with Gasteiger partial charge >= 0.3 is 0 Å². The molecule has 0 bridgehead atoms. The largest absolute Gasteiger partial charge is 0.321 e. The third-order valence-corrected chi connectivity index (χ3v) is 2.20. The van der Waals surface area contributed by atoms with E-state index in [1.807, 2.05) is 0 Å². The van der Waals surface area contributed by atoms with Crippen LogP contribution in [-0.2, 0) is 0 Å². The molecular formula is C2H3IN2OS. The molecule has 7 heavy (non-hydrogen) atoms. The van der Waals surface area contributed by atoms with E-state index in [1.165, 1.54) is 0 Å². The second-order valence-corrected chi connectivity index (χ2v) is 3.07. The van der Waals surface area contributed by atoms with E-state index in [9.17, 15) is 4.79 Å². The van der Waals surface area contributed by atoms with Gasteiger partial charge in [-0.05, 0) is 22.6 Å². The number of hydrogen-bond acceptors (Lipinski definition) is 3. The summed E-state index contributed by atoms with van der Waals surface area (Å²) in [6.45, 7) is 0. The highest BCUT2D eigenvalue weighted by molar-refractivity contribution is 14.1. The number of amides is 1. The van der Waals surface area contributed by atoms with Gasteiger partial charge in [0.15, 0.2) is 0 Å². The highest BCUT2D eigenvalue weighted by Gasteiger charge is 2.16. The Morgan fingerprint density at radius 1 is 1.86 bits per heavy atom. The Balaban J connectivity index is 2.40. The van der Waals surface area contributed by atoms with Gasteiger partial charge in [-0.3, -0.25) is 4.79 Å². The third-order valence-electron chi connectivity index (χ3n) is 0.500. The first-order chi connectivity index (χ1) is 3.29. The van der Waals surface area contributed by atoms with Gasteiger partial charge in [0.25, 0.3) is 5.24 Å². The number of carbonyl (C=O) groups excluding carboxylic acids is 1. The molecule has 40 valence electrons. The maximum absolute atomic E-state index is 10.2. The van der Waals surface area contributed by atoms with Crippen LogP contribution in [0, 0.1) is 0 Å². The Morgan fingerprint density at radius 2 is 2.57 bits per heavy atom. The molecule has 0 aromatic carbocycles. The number of carbonyl (C=O) groups is 1. The zero-order chi connectivity index (χ0) is 5.28. The number of nitrogens with one attached hydrogen (secondary N) is 2. The Labute approximate surface area is 58.9 Å². The number of hydrogen-bond donors (Lipinski definition) is 2. The van der Waals surface area contributed by atoms with Crippen LogP contribution < -0.4 is 10.0 Å². The molecule has 3 nitrogen and oxygen atoms in total. The summed E-state index contributed by atoms with van der Waals surface area (Å²) in [6.07, 6.45) is 0. The topological polar surface area (TPSA) is 41.1 Å². The standard InChI is InChI=1S/C2H3IN2OS/c3-1-4-2(6)7-5-1/h1,5H,(H,4,6). The lowest BCUT2D eigenvalue weighted by Crippen LogP contribution is -2.23. The average molecular weight is 230 g/mol. The van der Waals surface area contributed by atoms with Gasteiger partial charge in [0.05, 0.1) is 0 Å².